The van der Waals surface area contributed by atoms with Crippen LogP contribution in [0.15, 0.2) is 21.2 Å². The topological polar surface area (TPSA) is 39.2 Å². The van der Waals surface area contributed by atoms with E-state index in [9.17, 15) is 4.79 Å². The largest absolute Gasteiger partial charge is 0.368 e. The van der Waals surface area contributed by atoms with Crippen molar-refractivity contribution >= 4 is 38.1 Å². The molecule has 0 aliphatic carbocycles. The molecule has 13 heavy (non-hydrogen) atoms. The maximum absolute atomic E-state index is 10.6. The van der Waals surface area contributed by atoms with Crippen LogP contribution in [0.25, 0.3) is 0 Å². The molecule has 3 nitrogen and oxygen atoms in total. The standard InChI is InChI=1S/C8H7Br2NO2/c1-13-7(4-12)8-6(10)2-5(9)3-11-8/h2-4,7H,1H3. The van der Waals surface area contributed by atoms with Gasteiger partial charge in [-0.05, 0) is 37.9 Å². The van der Waals surface area contributed by atoms with Crippen LogP contribution >= 0.6 is 31.9 Å². The van der Waals surface area contributed by atoms with Gasteiger partial charge in [0.1, 0.15) is 0 Å². The summed E-state index contributed by atoms with van der Waals surface area (Å²) >= 11 is 6.57. The third-order valence-corrected chi connectivity index (χ3v) is 2.55. The summed E-state index contributed by atoms with van der Waals surface area (Å²) in [7, 11) is 1.47. The normalized spacial score (nSPS) is 12.5. The summed E-state index contributed by atoms with van der Waals surface area (Å²) in [6.45, 7) is 0. The number of hydrogen-bond donors (Lipinski definition) is 0. The Bertz CT molecular complexity index is 317. The van der Waals surface area contributed by atoms with E-state index in [4.69, 9.17) is 4.74 Å². The van der Waals surface area contributed by atoms with E-state index in [1.165, 1.54) is 7.11 Å². The first-order valence-electron chi connectivity index (χ1n) is 3.48. The number of ether oxygens (including phenoxy) is 1. The lowest BCUT2D eigenvalue weighted by atomic mass is 10.2. The molecule has 0 N–H and O–H groups in total. The highest BCUT2D eigenvalue weighted by Gasteiger charge is 2.14. The highest BCUT2D eigenvalue weighted by molar-refractivity contribution is 9.11. The van der Waals surface area contributed by atoms with Crippen LogP contribution in [-0.2, 0) is 9.53 Å². The highest BCUT2D eigenvalue weighted by atomic mass is 79.9. The number of pyridine rings is 1. The molecule has 0 aliphatic rings. The molecule has 0 fully saturated rings. The maximum Gasteiger partial charge on any atom is 0.155 e. The molecule has 0 amide bonds. The Hall–Kier alpha value is -0.260. The lowest BCUT2D eigenvalue weighted by Gasteiger charge is -2.09. The first kappa shape index (κ1) is 10.8. The zero-order valence-electron chi connectivity index (χ0n) is 6.83. The first-order chi connectivity index (χ1) is 6.19. The molecule has 70 valence electrons. The van der Waals surface area contributed by atoms with Gasteiger partial charge in [-0.15, -0.1) is 0 Å². The molecule has 0 radical (unpaired) electrons. The average Bonchev–Trinajstić information content (AvgIpc) is 2.10. The van der Waals surface area contributed by atoms with Crippen molar-refractivity contribution in [3.05, 3.63) is 26.9 Å². The average molecular weight is 309 g/mol. The van der Waals surface area contributed by atoms with Crippen LogP contribution in [0.1, 0.15) is 11.8 Å². The van der Waals surface area contributed by atoms with Crippen molar-refractivity contribution in [2.45, 2.75) is 6.10 Å². The Morgan fingerprint density at radius 1 is 1.62 bits per heavy atom. The molecule has 0 saturated carbocycles. The zero-order chi connectivity index (χ0) is 9.84. The second-order valence-electron chi connectivity index (χ2n) is 2.31. The summed E-state index contributed by atoms with van der Waals surface area (Å²) in [4.78, 5) is 14.6. The Morgan fingerprint density at radius 2 is 2.31 bits per heavy atom. The van der Waals surface area contributed by atoms with Crippen molar-refractivity contribution in [2.75, 3.05) is 7.11 Å². The number of aromatic nitrogens is 1. The van der Waals surface area contributed by atoms with Gasteiger partial charge in [0.15, 0.2) is 12.4 Å². The molecule has 0 aliphatic heterocycles. The van der Waals surface area contributed by atoms with Crippen LogP contribution in [0.5, 0.6) is 0 Å². The van der Waals surface area contributed by atoms with Crippen molar-refractivity contribution < 1.29 is 9.53 Å². The predicted octanol–water partition coefficient (Wildman–Crippen LogP) is 2.49. The van der Waals surface area contributed by atoms with Crippen molar-refractivity contribution in [3.8, 4) is 0 Å². The maximum atomic E-state index is 10.6. The minimum absolute atomic E-state index is 0.584. The third kappa shape index (κ3) is 2.59. The minimum atomic E-state index is -0.609. The molecule has 1 unspecified atom stereocenters. The van der Waals surface area contributed by atoms with Gasteiger partial charge in [0.05, 0.1) is 5.69 Å². The van der Waals surface area contributed by atoms with Gasteiger partial charge in [-0.1, -0.05) is 0 Å². The fourth-order valence-corrected chi connectivity index (χ4v) is 2.08. The van der Waals surface area contributed by atoms with E-state index in [1.54, 1.807) is 6.20 Å². The van der Waals surface area contributed by atoms with Crippen LogP contribution in [0.2, 0.25) is 0 Å². The number of carbonyl (C=O) groups excluding carboxylic acids is 1. The van der Waals surface area contributed by atoms with Crippen LogP contribution in [0.3, 0.4) is 0 Å². The fraction of sp³-hybridized carbons (Fsp3) is 0.250. The van der Waals surface area contributed by atoms with Gasteiger partial charge in [-0.3, -0.25) is 9.78 Å². The van der Waals surface area contributed by atoms with Crippen molar-refractivity contribution in [3.63, 3.8) is 0 Å². The van der Waals surface area contributed by atoms with Crippen molar-refractivity contribution in [1.29, 1.82) is 0 Å². The summed E-state index contributed by atoms with van der Waals surface area (Å²) in [5.41, 5.74) is 0.584. The molecule has 1 rings (SSSR count). The van der Waals surface area contributed by atoms with Crippen LogP contribution in [-0.4, -0.2) is 18.4 Å². The van der Waals surface area contributed by atoms with E-state index in [-0.39, 0.29) is 0 Å². The molecule has 1 aromatic rings. The molecular weight excluding hydrogens is 302 g/mol. The van der Waals surface area contributed by atoms with Gasteiger partial charge in [0.25, 0.3) is 0 Å². The van der Waals surface area contributed by atoms with Crippen LogP contribution in [0.4, 0.5) is 0 Å². The molecular formula is C8H7Br2NO2. The number of rotatable bonds is 3. The van der Waals surface area contributed by atoms with Gasteiger partial charge in [-0.2, -0.15) is 0 Å². The smallest absolute Gasteiger partial charge is 0.155 e. The lowest BCUT2D eigenvalue weighted by Crippen LogP contribution is -2.05. The van der Waals surface area contributed by atoms with Gasteiger partial charge in [-0.25, -0.2) is 0 Å². The van der Waals surface area contributed by atoms with Crippen molar-refractivity contribution in [2.24, 2.45) is 0 Å². The number of nitrogens with zero attached hydrogens (tertiary/aromatic N) is 1. The van der Waals surface area contributed by atoms with Crippen LogP contribution in [0, 0.1) is 0 Å². The third-order valence-electron chi connectivity index (χ3n) is 1.48. The van der Waals surface area contributed by atoms with E-state index < -0.39 is 6.10 Å². The van der Waals surface area contributed by atoms with Crippen LogP contribution < -0.4 is 0 Å². The molecule has 1 heterocycles. The summed E-state index contributed by atoms with van der Waals surface area (Å²) in [5.74, 6) is 0. The summed E-state index contributed by atoms with van der Waals surface area (Å²) in [5, 5.41) is 0. The number of aldehydes is 1. The summed E-state index contributed by atoms with van der Waals surface area (Å²) in [6, 6.07) is 1.82. The van der Waals surface area contributed by atoms with E-state index >= 15 is 0 Å². The first-order valence-corrected chi connectivity index (χ1v) is 5.06. The number of methoxy groups -OCH3 is 1. The second kappa shape index (κ2) is 4.83. The monoisotopic (exact) mass is 307 g/mol. The van der Waals surface area contributed by atoms with Crippen molar-refractivity contribution in [1.82, 2.24) is 4.98 Å². The Morgan fingerprint density at radius 3 is 2.77 bits per heavy atom. The molecule has 0 saturated heterocycles. The number of halogens is 2. The fourth-order valence-electron chi connectivity index (χ4n) is 0.866. The van der Waals surface area contributed by atoms with Gasteiger partial charge in [0.2, 0.25) is 0 Å². The molecule has 1 atom stereocenters. The van der Waals surface area contributed by atoms with Gasteiger partial charge in [0, 0.05) is 22.3 Å². The Kier molecular flexibility index (Phi) is 4.02. The minimum Gasteiger partial charge on any atom is -0.368 e. The van der Waals surface area contributed by atoms with E-state index in [0.29, 0.717) is 12.0 Å². The Labute approximate surface area is 92.8 Å². The molecule has 0 spiro atoms. The lowest BCUT2D eigenvalue weighted by molar-refractivity contribution is -0.116. The van der Waals surface area contributed by atoms with E-state index in [0.717, 1.165) is 8.95 Å². The SMILES string of the molecule is COC(C=O)c1ncc(Br)cc1Br. The molecule has 0 aromatic carbocycles. The Balaban J connectivity index is 3.06. The molecule has 1 aromatic heterocycles. The van der Waals surface area contributed by atoms with Gasteiger partial charge < -0.3 is 4.74 Å². The quantitative estimate of drug-likeness (QED) is 0.805. The summed E-state index contributed by atoms with van der Waals surface area (Å²) < 4.78 is 6.53. The second-order valence-corrected chi connectivity index (χ2v) is 4.08. The van der Waals surface area contributed by atoms with Gasteiger partial charge >= 0.3 is 0 Å². The highest BCUT2D eigenvalue weighted by Crippen LogP contribution is 2.24. The predicted molar refractivity (Wildman–Crippen MR) is 55.5 cm³/mol. The number of hydrogen-bond acceptors (Lipinski definition) is 3. The zero-order valence-corrected chi connectivity index (χ0v) is 10.0. The molecule has 5 heteroatoms. The molecule has 0 bridgehead atoms. The van der Waals surface area contributed by atoms with E-state index in [2.05, 4.69) is 36.8 Å². The summed E-state index contributed by atoms with van der Waals surface area (Å²) in [6.07, 6.45) is 1.72. The van der Waals surface area contributed by atoms with E-state index in [1.807, 2.05) is 6.07 Å². The number of carbonyl (C=O) groups is 1.